The van der Waals surface area contributed by atoms with Gasteiger partial charge >= 0.3 is 12.0 Å². The predicted molar refractivity (Wildman–Crippen MR) is 92.2 cm³/mol. The Balaban J connectivity index is 2.30. The van der Waals surface area contributed by atoms with Crippen molar-refractivity contribution < 1.29 is 24.2 Å². The van der Waals surface area contributed by atoms with Crippen LogP contribution in [0.1, 0.15) is 38.3 Å². The molecule has 1 aromatic carbocycles. The molecule has 1 fully saturated rings. The van der Waals surface area contributed by atoms with E-state index in [1.807, 2.05) is 6.92 Å². The van der Waals surface area contributed by atoms with Crippen LogP contribution in [0.3, 0.4) is 0 Å². The van der Waals surface area contributed by atoms with Gasteiger partial charge in [0.05, 0.1) is 19.3 Å². The summed E-state index contributed by atoms with van der Waals surface area (Å²) in [5.74, 6) is -0.946. The fourth-order valence-electron chi connectivity index (χ4n) is 2.64. The van der Waals surface area contributed by atoms with Crippen LogP contribution in [-0.2, 0) is 9.53 Å². The molecule has 0 saturated carbocycles. The molecule has 136 valence electrons. The number of unbranched alkanes of at least 4 members (excludes halogenated alkanes) is 1. The minimum atomic E-state index is -0.770. The zero-order chi connectivity index (χ0) is 18.4. The van der Waals surface area contributed by atoms with Gasteiger partial charge in [0.1, 0.15) is 5.92 Å². The quantitative estimate of drug-likeness (QED) is 0.520. The van der Waals surface area contributed by atoms with Gasteiger partial charge in [0, 0.05) is 5.70 Å². The lowest BCUT2D eigenvalue weighted by atomic mass is 9.89. The van der Waals surface area contributed by atoms with Gasteiger partial charge in [0.25, 0.3) is 0 Å². The van der Waals surface area contributed by atoms with Gasteiger partial charge in [-0.05, 0) is 31.0 Å². The Morgan fingerprint density at radius 2 is 2.12 bits per heavy atom. The Hall–Kier alpha value is -2.70. The van der Waals surface area contributed by atoms with Crippen molar-refractivity contribution in [1.29, 1.82) is 0 Å². The van der Waals surface area contributed by atoms with E-state index in [1.54, 1.807) is 19.1 Å². The minimum Gasteiger partial charge on any atom is -0.504 e. The Labute approximate surface area is 147 Å². The molecule has 2 atom stereocenters. The molecule has 1 aromatic rings. The topological polar surface area (TPSA) is 96.9 Å². The number of rotatable bonds is 7. The largest absolute Gasteiger partial charge is 0.504 e. The number of carbonyl (C=O) groups is 2. The van der Waals surface area contributed by atoms with Crippen LogP contribution >= 0.6 is 0 Å². The van der Waals surface area contributed by atoms with E-state index >= 15 is 0 Å². The molecular formula is C18H24N2O5. The number of esters is 1. The SMILES string of the molecule is C=C1NC(=O)N[C@H](c2ccc(O)c(OCC)c2)[C@H]1C(=O)OCCCC. The number of hydrogen-bond acceptors (Lipinski definition) is 5. The van der Waals surface area contributed by atoms with E-state index in [1.165, 1.54) is 6.07 Å². The first-order chi connectivity index (χ1) is 12.0. The Morgan fingerprint density at radius 3 is 2.80 bits per heavy atom. The van der Waals surface area contributed by atoms with Crippen molar-refractivity contribution in [3.8, 4) is 11.5 Å². The highest BCUT2D eigenvalue weighted by Crippen LogP contribution is 2.35. The van der Waals surface area contributed by atoms with Gasteiger partial charge in [-0.15, -0.1) is 0 Å². The van der Waals surface area contributed by atoms with E-state index in [0.717, 1.165) is 12.8 Å². The summed E-state index contributed by atoms with van der Waals surface area (Å²) in [6, 6.07) is 3.60. The van der Waals surface area contributed by atoms with Crippen LogP contribution in [0, 0.1) is 5.92 Å². The molecule has 0 aromatic heterocycles. The molecule has 3 N–H and O–H groups in total. The number of hydrogen-bond donors (Lipinski definition) is 3. The maximum absolute atomic E-state index is 12.5. The molecule has 1 aliphatic rings. The number of phenols is 1. The van der Waals surface area contributed by atoms with Gasteiger partial charge in [0.15, 0.2) is 11.5 Å². The summed E-state index contributed by atoms with van der Waals surface area (Å²) in [6.45, 7) is 8.30. The molecule has 2 rings (SSSR count). The first-order valence-corrected chi connectivity index (χ1v) is 8.36. The second-order valence-corrected chi connectivity index (χ2v) is 5.76. The zero-order valence-corrected chi connectivity index (χ0v) is 14.5. The highest BCUT2D eigenvalue weighted by atomic mass is 16.5. The van der Waals surface area contributed by atoms with Crippen molar-refractivity contribution in [3.05, 3.63) is 36.0 Å². The van der Waals surface area contributed by atoms with Gasteiger partial charge in [-0.2, -0.15) is 0 Å². The monoisotopic (exact) mass is 348 g/mol. The zero-order valence-electron chi connectivity index (χ0n) is 14.5. The maximum atomic E-state index is 12.5. The number of ether oxygens (including phenoxy) is 2. The Bertz CT molecular complexity index is 659. The molecular weight excluding hydrogens is 324 g/mol. The second-order valence-electron chi connectivity index (χ2n) is 5.76. The van der Waals surface area contributed by atoms with Crippen molar-refractivity contribution in [2.24, 2.45) is 5.92 Å². The van der Waals surface area contributed by atoms with E-state index in [9.17, 15) is 14.7 Å². The first-order valence-electron chi connectivity index (χ1n) is 8.36. The molecule has 1 heterocycles. The van der Waals surface area contributed by atoms with Crippen LogP contribution in [-0.4, -0.2) is 30.3 Å². The minimum absolute atomic E-state index is 0.00763. The third-order valence-electron chi connectivity index (χ3n) is 3.91. The van der Waals surface area contributed by atoms with Crippen molar-refractivity contribution in [3.63, 3.8) is 0 Å². The number of phenolic OH excluding ortho intramolecular Hbond substituents is 1. The van der Waals surface area contributed by atoms with E-state index in [2.05, 4.69) is 17.2 Å². The third kappa shape index (κ3) is 4.43. The number of nitrogens with one attached hydrogen (secondary N) is 2. The summed E-state index contributed by atoms with van der Waals surface area (Å²) in [6.07, 6.45) is 1.68. The molecule has 1 aliphatic heterocycles. The standard InChI is InChI=1S/C18H24N2O5/c1-4-6-9-25-17(22)15-11(3)19-18(23)20-16(15)12-7-8-13(21)14(10-12)24-5-2/h7-8,10,15-16,21H,3-6,9H2,1-2H3,(H2,19,20,23)/t15-,16+/m0/s1. The lowest BCUT2D eigenvalue weighted by Gasteiger charge is -2.33. The van der Waals surface area contributed by atoms with Crippen LogP contribution in [0.4, 0.5) is 4.79 Å². The molecule has 0 radical (unpaired) electrons. The lowest BCUT2D eigenvalue weighted by Crippen LogP contribution is -2.51. The smallest absolute Gasteiger partial charge is 0.319 e. The van der Waals surface area contributed by atoms with E-state index in [4.69, 9.17) is 9.47 Å². The van der Waals surface area contributed by atoms with Crippen molar-refractivity contribution in [1.82, 2.24) is 10.6 Å². The molecule has 0 bridgehead atoms. The van der Waals surface area contributed by atoms with E-state index in [0.29, 0.717) is 18.8 Å². The molecule has 0 unspecified atom stereocenters. The first kappa shape index (κ1) is 18.6. The fourth-order valence-corrected chi connectivity index (χ4v) is 2.64. The predicted octanol–water partition coefficient (Wildman–Crippen LogP) is 2.62. The fraction of sp³-hybridized carbons (Fsp3) is 0.444. The van der Waals surface area contributed by atoms with Crippen LogP contribution in [0.2, 0.25) is 0 Å². The van der Waals surface area contributed by atoms with E-state index in [-0.39, 0.29) is 17.2 Å². The van der Waals surface area contributed by atoms with Gasteiger partial charge < -0.3 is 25.2 Å². The summed E-state index contributed by atoms with van der Waals surface area (Å²) < 4.78 is 10.7. The van der Waals surface area contributed by atoms with Gasteiger partial charge in [-0.3, -0.25) is 4.79 Å². The number of carbonyl (C=O) groups excluding carboxylic acids is 2. The molecule has 2 amide bonds. The number of urea groups is 1. The number of amides is 2. The summed E-state index contributed by atoms with van der Waals surface area (Å²) >= 11 is 0. The number of benzene rings is 1. The average molecular weight is 348 g/mol. The Morgan fingerprint density at radius 1 is 1.36 bits per heavy atom. The van der Waals surface area contributed by atoms with Gasteiger partial charge in [-0.1, -0.05) is 26.0 Å². The van der Waals surface area contributed by atoms with Crippen molar-refractivity contribution in [2.45, 2.75) is 32.7 Å². The third-order valence-corrected chi connectivity index (χ3v) is 3.91. The van der Waals surface area contributed by atoms with Gasteiger partial charge in [-0.25, -0.2) is 4.79 Å². The molecule has 0 spiro atoms. The van der Waals surface area contributed by atoms with Crippen LogP contribution in [0.5, 0.6) is 11.5 Å². The van der Waals surface area contributed by atoms with Crippen molar-refractivity contribution in [2.75, 3.05) is 13.2 Å². The Kier molecular flexibility index (Phi) is 6.27. The van der Waals surface area contributed by atoms with Crippen LogP contribution in [0.15, 0.2) is 30.5 Å². The maximum Gasteiger partial charge on any atom is 0.319 e. The van der Waals surface area contributed by atoms with Crippen LogP contribution in [0.25, 0.3) is 0 Å². The summed E-state index contributed by atoms with van der Waals surface area (Å²) in [5.41, 5.74) is 0.899. The molecule has 7 heteroatoms. The molecule has 7 nitrogen and oxygen atoms in total. The summed E-state index contributed by atoms with van der Waals surface area (Å²) in [5, 5.41) is 15.1. The van der Waals surface area contributed by atoms with E-state index < -0.39 is 24.0 Å². The molecule has 1 saturated heterocycles. The number of aromatic hydroxyl groups is 1. The van der Waals surface area contributed by atoms with Crippen LogP contribution < -0.4 is 15.4 Å². The normalized spacial score (nSPS) is 19.8. The summed E-state index contributed by atoms with van der Waals surface area (Å²) in [4.78, 5) is 24.3. The van der Waals surface area contributed by atoms with Crippen molar-refractivity contribution >= 4 is 12.0 Å². The molecule has 0 aliphatic carbocycles. The summed E-state index contributed by atoms with van der Waals surface area (Å²) in [7, 11) is 0. The average Bonchev–Trinajstić information content (AvgIpc) is 2.56. The highest BCUT2D eigenvalue weighted by Gasteiger charge is 2.39. The molecule has 25 heavy (non-hydrogen) atoms. The second kappa shape index (κ2) is 8.41. The highest BCUT2D eigenvalue weighted by molar-refractivity contribution is 5.85. The van der Waals surface area contributed by atoms with Gasteiger partial charge in [0.2, 0.25) is 0 Å². The lowest BCUT2D eigenvalue weighted by molar-refractivity contribution is -0.148.